The first-order valence-electron chi connectivity index (χ1n) is 8.16. The normalized spacial score (nSPS) is 21.3. The number of ether oxygens (including phenoxy) is 1. The number of morpholine rings is 1. The Bertz CT molecular complexity index is 720. The summed E-state index contributed by atoms with van der Waals surface area (Å²) in [6, 6.07) is 5.66. The van der Waals surface area contributed by atoms with E-state index >= 15 is 0 Å². The monoisotopic (exact) mass is 353 g/mol. The predicted molar refractivity (Wildman–Crippen MR) is 91.6 cm³/mol. The second kappa shape index (κ2) is 7.08. The average molecular weight is 353 g/mol. The smallest absolute Gasteiger partial charge is 0.319 e. The molecule has 8 heteroatoms. The van der Waals surface area contributed by atoms with E-state index < -0.39 is 10.0 Å². The zero-order valence-corrected chi connectivity index (χ0v) is 14.6. The molecule has 2 aliphatic rings. The first kappa shape index (κ1) is 17.2. The Labute approximate surface area is 142 Å². The molecule has 2 amide bonds. The van der Waals surface area contributed by atoms with Crippen LogP contribution in [0.25, 0.3) is 0 Å². The van der Waals surface area contributed by atoms with Crippen LogP contribution in [0, 0.1) is 0 Å². The van der Waals surface area contributed by atoms with E-state index in [2.05, 4.69) is 16.7 Å². The van der Waals surface area contributed by atoms with Crippen LogP contribution in [0.3, 0.4) is 0 Å². The number of urea groups is 1. The van der Waals surface area contributed by atoms with E-state index in [4.69, 9.17) is 4.74 Å². The summed E-state index contributed by atoms with van der Waals surface area (Å²) >= 11 is 0. The molecule has 0 spiro atoms. The molecule has 1 aliphatic heterocycles. The van der Waals surface area contributed by atoms with Gasteiger partial charge in [0.15, 0.2) is 0 Å². The van der Waals surface area contributed by atoms with Crippen LogP contribution < -0.4 is 10.6 Å². The molecule has 1 aromatic carbocycles. The zero-order chi connectivity index (χ0) is 17.2. The fraction of sp³-hybridized carbons (Fsp3) is 0.562. The van der Waals surface area contributed by atoms with Gasteiger partial charge in [-0.25, -0.2) is 13.2 Å². The highest BCUT2D eigenvalue weighted by Gasteiger charge is 2.26. The summed E-state index contributed by atoms with van der Waals surface area (Å²) in [6.07, 6.45) is 4.02. The van der Waals surface area contributed by atoms with Gasteiger partial charge in [0.25, 0.3) is 0 Å². The van der Waals surface area contributed by atoms with Crippen molar-refractivity contribution in [1.82, 2.24) is 9.62 Å². The number of rotatable bonds is 4. The molecule has 1 fully saturated rings. The topological polar surface area (TPSA) is 87.7 Å². The largest absolute Gasteiger partial charge is 0.374 e. The highest BCUT2D eigenvalue weighted by Crippen LogP contribution is 2.28. The molecule has 1 atom stereocenters. The molecule has 0 bridgehead atoms. The lowest BCUT2D eigenvalue weighted by Crippen LogP contribution is -2.49. The third-order valence-corrected chi connectivity index (χ3v) is 5.72. The van der Waals surface area contributed by atoms with Gasteiger partial charge >= 0.3 is 6.03 Å². The van der Waals surface area contributed by atoms with Crippen LogP contribution in [0.4, 0.5) is 10.5 Å². The van der Waals surface area contributed by atoms with E-state index in [9.17, 15) is 13.2 Å². The molecule has 1 heterocycles. The summed E-state index contributed by atoms with van der Waals surface area (Å²) < 4.78 is 30.1. The van der Waals surface area contributed by atoms with E-state index in [1.165, 1.54) is 21.7 Å². The van der Waals surface area contributed by atoms with Crippen molar-refractivity contribution in [2.24, 2.45) is 0 Å². The minimum atomic E-state index is -3.23. The number of sulfonamides is 1. The molecule has 0 radical (unpaired) electrons. The van der Waals surface area contributed by atoms with Gasteiger partial charge in [0.1, 0.15) is 0 Å². The highest BCUT2D eigenvalue weighted by atomic mass is 32.2. The van der Waals surface area contributed by atoms with E-state index in [-0.39, 0.29) is 25.2 Å². The Kier molecular flexibility index (Phi) is 5.07. The fourth-order valence-electron chi connectivity index (χ4n) is 3.23. The minimum absolute atomic E-state index is 0.264. The SMILES string of the molecule is CS(=O)(=O)N1CCO[C@H](CNC(=O)Nc2cccc3c2CCC3)C1. The van der Waals surface area contributed by atoms with Crippen LogP contribution in [0.2, 0.25) is 0 Å². The van der Waals surface area contributed by atoms with Gasteiger partial charge in [0.05, 0.1) is 19.0 Å². The average Bonchev–Trinajstić information content (AvgIpc) is 3.02. The van der Waals surface area contributed by atoms with Gasteiger partial charge in [-0.3, -0.25) is 0 Å². The molecule has 132 valence electrons. The number of anilines is 1. The Balaban J connectivity index is 1.52. The van der Waals surface area contributed by atoms with E-state index in [0.29, 0.717) is 13.2 Å². The van der Waals surface area contributed by atoms with Gasteiger partial charge in [-0.05, 0) is 36.5 Å². The molecule has 0 saturated carbocycles. The number of hydrogen-bond acceptors (Lipinski definition) is 4. The number of carbonyl (C=O) groups is 1. The molecule has 24 heavy (non-hydrogen) atoms. The van der Waals surface area contributed by atoms with Crippen LogP contribution in [-0.4, -0.2) is 57.4 Å². The van der Waals surface area contributed by atoms with Crippen LogP contribution in [0.1, 0.15) is 17.5 Å². The van der Waals surface area contributed by atoms with Gasteiger partial charge in [-0.1, -0.05) is 12.1 Å². The summed E-state index contributed by atoms with van der Waals surface area (Å²) in [5, 5.41) is 5.65. The van der Waals surface area contributed by atoms with Crippen molar-refractivity contribution in [2.45, 2.75) is 25.4 Å². The maximum absolute atomic E-state index is 12.1. The number of hydrogen-bond donors (Lipinski definition) is 2. The summed E-state index contributed by atoms with van der Waals surface area (Å²) in [6.45, 7) is 1.23. The lowest BCUT2D eigenvalue weighted by Gasteiger charge is -2.31. The molecule has 2 N–H and O–H groups in total. The molecule has 3 rings (SSSR count). The fourth-order valence-corrected chi connectivity index (χ4v) is 4.07. The zero-order valence-electron chi connectivity index (χ0n) is 13.7. The van der Waals surface area contributed by atoms with Gasteiger partial charge in [-0.2, -0.15) is 4.31 Å². The third-order valence-electron chi connectivity index (χ3n) is 4.45. The van der Waals surface area contributed by atoms with E-state index in [1.807, 2.05) is 12.1 Å². The quantitative estimate of drug-likeness (QED) is 0.844. The number of nitrogens with one attached hydrogen (secondary N) is 2. The molecule has 7 nitrogen and oxygen atoms in total. The maximum atomic E-state index is 12.1. The summed E-state index contributed by atoms with van der Waals surface area (Å²) in [7, 11) is -3.23. The van der Waals surface area contributed by atoms with Crippen LogP contribution in [-0.2, 0) is 27.6 Å². The third kappa shape index (κ3) is 4.06. The van der Waals surface area contributed by atoms with Crippen LogP contribution in [0.5, 0.6) is 0 Å². The van der Waals surface area contributed by atoms with E-state index in [1.54, 1.807) is 0 Å². The number of nitrogens with zero attached hydrogens (tertiary/aromatic N) is 1. The first-order valence-corrected chi connectivity index (χ1v) is 10.0. The number of benzene rings is 1. The van der Waals surface area contributed by atoms with Crippen molar-refractivity contribution >= 4 is 21.7 Å². The van der Waals surface area contributed by atoms with Gasteiger partial charge in [0, 0.05) is 25.3 Å². The second-order valence-corrected chi connectivity index (χ2v) is 8.23. The predicted octanol–water partition coefficient (Wildman–Crippen LogP) is 0.957. The molecular weight excluding hydrogens is 330 g/mol. The van der Waals surface area contributed by atoms with Gasteiger partial charge in [-0.15, -0.1) is 0 Å². The highest BCUT2D eigenvalue weighted by molar-refractivity contribution is 7.88. The van der Waals surface area contributed by atoms with Crippen molar-refractivity contribution < 1.29 is 17.9 Å². The second-order valence-electron chi connectivity index (χ2n) is 6.25. The standard InChI is InChI=1S/C16H23N3O4S/c1-24(21,22)19-8-9-23-13(11-19)10-17-16(20)18-15-7-3-5-12-4-2-6-14(12)15/h3,5,7,13H,2,4,6,8-11H2,1H3,(H2,17,18,20)/t13-/m1/s1. The van der Waals surface area contributed by atoms with Crippen molar-refractivity contribution in [3.05, 3.63) is 29.3 Å². The molecule has 0 aromatic heterocycles. The number of fused-ring (bicyclic) bond motifs is 1. The number of aryl methyl sites for hydroxylation is 1. The van der Waals surface area contributed by atoms with Gasteiger partial charge < -0.3 is 15.4 Å². The molecule has 0 unspecified atom stereocenters. The molecule has 1 saturated heterocycles. The van der Waals surface area contributed by atoms with E-state index in [0.717, 1.165) is 24.9 Å². The van der Waals surface area contributed by atoms with Crippen LogP contribution in [0.15, 0.2) is 18.2 Å². The lowest BCUT2D eigenvalue weighted by atomic mass is 10.1. The molecule has 1 aliphatic carbocycles. The maximum Gasteiger partial charge on any atom is 0.319 e. The number of amides is 2. The Morgan fingerprint density at radius 1 is 1.38 bits per heavy atom. The van der Waals surface area contributed by atoms with Crippen molar-refractivity contribution in [1.29, 1.82) is 0 Å². The lowest BCUT2D eigenvalue weighted by molar-refractivity contribution is 0.00167. The van der Waals surface area contributed by atoms with Crippen molar-refractivity contribution in [2.75, 3.05) is 37.8 Å². The van der Waals surface area contributed by atoms with Crippen LogP contribution >= 0.6 is 0 Å². The number of carbonyl (C=O) groups excluding carboxylic acids is 1. The Hall–Kier alpha value is -1.64. The summed E-state index contributed by atoms with van der Waals surface area (Å²) in [4.78, 5) is 12.1. The Morgan fingerprint density at radius 2 is 2.21 bits per heavy atom. The minimum Gasteiger partial charge on any atom is -0.374 e. The first-order chi connectivity index (χ1) is 11.4. The van der Waals surface area contributed by atoms with Crippen molar-refractivity contribution in [3.63, 3.8) is 0 Å². The Morgan fingerprint density at radius 3 is 3.00 bits per heavy atom. The molecular formula is C16H23N3O4S. The van der Waals surface area contributed by atoms with Crippen molar-refractivity contribution in [3.8, 4) is 0 Å². The van der Waals surface area contributed by atoms with Gasteiger partial charge in [0.2, 0.25) is 10.0 Å². The molecule has 1 aromatic rings. The summed E-state index contributed by atoms with van der Waals surface area (Å²) in [5.74, 6) is 0. The summed E-state index contributed by atoms with van der Waals surface area (Å²) in [5.41, 5.74) is 3.36.